The number of hydrogen-bond donors (Lipinski definition) is 2. The number of halogens is 1. The molecule has 1 aromatic carbocycles. The van der Waals surface area contributed by atoms with Crippen molar-refractivity contribution in [3.05, 3.63) is 46.1 Å². The van der Waals surface area contributed by atoms with E-state index in [1.165, 1.54) is 18.2 Å². The first-order valence-corrected chi connectivity index (χ1v) is 4.77. The topological polar surface area (TPSA) is 89.2 Å². The Hall–Kier alpha value is -1.62. The molecular weight excluding hydrogens is 213 g/mol. The van der Waals surface area contributed by atoms with Crippen LogP contribution in [0.4, 0.5) is 4.39 Å². The summed E-state index contributed by atoms with van der Waals surface area (Å²) in [7, 11) is 0. The molecule has 0 bridgehead atoms. The smallest absolute Gasteiger partial charge is 0.123 e. The molecule has 0 aromatic heterocycles. The molecule has 0 amide bonds. The second-order valence-corrected chi connectivity index (χ2v) is 3.31. The van der Waals surface area contributed by atoms with Gasteiger partial charge in [0, 0.05) is 11.5 Å². The van der Waals surface area contributed by atoms with E-state index in [-0.39, 0.29) is 13.0 Å². The summed E-state index contributed by atoms with van der Waals surface area (Å²) in [4.78, 5) is 2.53. The van der Waals surface area contributed by atoms with Gasteiger partial charge in [-0.05, 0) is 29.6 Å². The molecule has 0 fully saturated rings. The monoisotopic (exact) mass is 225 g/mol. The summed E-state index contributed by atoms with van der Waals surface area (Å²) in [5.74, 6) is -0.473. The van der Waals surface area contributed by atoms with Gasteiger partial charge >= 0.3 is 0 Å². The Labute approximate surface area is 91.8 Å². The van der Waals surface area contributed by atoms with Crippen LogP contribution in [-0.4, -0.2) is 22.9 Å². The molecule has 5 nitrogen and oxygen atoms in total. The van der Waals surface area contributed by atoms with Crippen molar-refractivity contribution in [1.29, 1.82) is 0 Å². The first kappa shape index (κ1) is 12.4. The van der Waals surface area contributed by atoms with Crippen molar-refractivity contribution in [1.82, 2.24) is 0 Å². The molecular formula is C10H12FN3O2. The SMILES string of the molecule is [N-]=[N+]=NCCC(O)C(O)c1cccc(F)c1. The van der Waals surface area contributed by atoms with Crippen molar-refractivity contribution >= 4 is 0 Å². The molecule has 0 radical (unpaired) electrons. The van der Waals surface area contributed by atoms with Crippen LogP contribution in [0.25, 0.3) is 10.4 Å². The minimum atomic E-state index is -1.18. The Morgan fingerprint density at radius 2 is 2.19 bits per heavy atom. The van der Waals surface area contributed by atoms with Crippen LogP contribution >= 0.6 is 0 Å². The zero-order valence-electron chi connectivity index (χ0n) is 8.49. The highest BCUT2D eigenvalue weighted by molar-refractivity contribution is 5.19. The zero-order chi connectivity index (χ0) is 12.0. The van der Waals surface area contributed by atoms with Crippen molar-refractivity contribution in [3.63, 3.8) is 0 Å². The molecule has 0 aliphatic heterocycles. The average Bonchev–Trinajstić information content (AvgIpc) is 2.28. The molecule has 86 valence electrons. The first-order valence-electron chi connectivity index (χ1n) is 4.77. The number of aliphatic hydroxyl groups excluding tert-OH is 2. The van der Waals surface area contributed by atoms with E-state index in [0.717, 1.165) is 6.07 Å². The zero-order valence-corrected chi connectivity index (χ0v) is 8.49. The number of benzene rings is 1. The molecule has 16 heavy (non-hydrogen) atoms. The number of aliphatic hydroxyl groups is 2. The predicted molar refractivity (Wildman–Crippen MR) is 56.0 cm³/mol. The molecule has 2 atom stereocenters. The van der Waals surface area contributed by atoms with Crippen LogP contribution in [0.3, 0.4) is 0 Å². The Morgan fingerprint density at radius 1 is 1.44 bits per heavy atom. The molecule has 1 rings (SSSR count). The van der Waals surface area contributed by atoms with Crippen LogP contribution in [0.2, 0.25) is 0 Å². The summed E-state index contributed by atoms with van der Waals surface area (Å²) in [6.07, 6.45) is -2.13. The highest BCUT2D eigenvalue weighted by Crippen LogP contribution is 2.19. The Morgan fingerprint density at radius 3 is 2.81 bits per heavy atom. The fourth-order valence-corrected chi connectivity index (χ4v) is 1.31. The molecule has 0 saturated heterocycles. The Kier molecular flexibility index (Phi) is 4.72. The Bertz CT molecular complexity index is 393. The lowest BCUT2D eigenvalue weighted by Gasteiger charge is -2.17. The average molecular weight is 225 g/mol. The van der Waals surface area contributed by atoms with Crippen molar-refractivity contribution in [3.8, 4) is 0 Å². The van der Waals surface area contributed by atoms with E-state index in [4.69, 9.17) is 5.53 Å². The van der Waals surface area contributed by atoms with Crippen LogP contribution in [0.15, 0.2) is 29.4 Å². The van der Waals surface area contributed by atoms with Gasteiger partial charge in [0.05, 0.1) is 6.10 Å². The summed E-state index contributed by atoms with van der Waals surface area (Å²) in [5.41, 5.74) is 8.34. The van der Waals surface area contributed by atoms with E-state index in [1.807, 2.05) is 0 Å². The third-order valence-corrected chi connectivity index (χ3v) is 2.14. The third kappa shape index (κ3) is 3.51. The fourth-order valence-electron chi connectivity index (χ4n) is 1.31. The lowest BCUT2D eigenvalue weighted by atomic mass is 10.0. The highest BCUT2D eigenvalue weighted by Gasteiger charge is 2.17. The summed E-state index contributed by atoms with van der Waals surface area (Å²) in [5, 5.41) is 22.4. The van der Waals surface area contributed by atoms with Crippen LogP contribution in [-0.2, 0) is 0 Å². The van der Waals surface area contributed by atoms with Crippen LogP contribution < -0.4 is 0 Å². The minimum absolute atomic E-state index is 0.0873. The van der Waals surface area contributed by atoms with E-state index >= 15 is 0 Å². The maximum absolute atomic E-state index is 12.8. The lowest BCUT2D eigenvalue weighted by Crippen LogP contribution is -2.19. The standard InChI is InChI=1S/C10H12FN3O2/c11-8-3-1-2-7(6-8)10(16)9(15)4-5-13-14-12/h1-3,6,9-10,15-16H,4-5H2. The van der Waals surface area contributed by atoms with Crippen molar-refractivity contribution in [2.45, 2.75) is 18.6 Å². The molecule has 0 heterocycles. The predicted octanol–water partition coefficient (Wildman–Crippen LogP) is 1.92. The third-order valence-electron chi connectivity index (χ3n) is 2.14. The Balaban J connectivity index is 2.62. The molecule has 1 aromatic rings. The van der Waals surface area contributed by atoms with Gasteiger partial charge in [0.1, 0.15) is 11.9 Å². The first-order chi connectivity index (χ1) is 7.65. The summed E-state index contributed by atoms with van der Waals surface area (Å²) in [6, 6.07) is 5.38. The van der Waals surface area contributed by atoms with E-state index in [1.54, 1.807) is 0 Å². The van der Waals surface area contributed by atoms with Gasteiger partial charge in [0.25, 0.3) is 0 Å². The van der Waals surface area contributed by atoms with Gasteiger partial charge in [-0.25, -0.2) is 4.39 Å². The van der Waals surface area contributed by atoms with E-state index < -0.39 is 18.0 Å². The molecule has 2 unspecified atom stereocenters. The fraction of sp³-hybridized carbons (Fsp3) is 0.400. The summed E-state index contributed by atoms with van der Waals surface area (Å²) < 4.78 is 12.8. The van der Waals surface area contributed by atoms with E-state index in [0.29, 0.717) is 5.56 Å². The highest BCUT2D eigenvalue weighted by atomic mass is 19.1. The van der Waals surface area contributed by atoms with Crippen LogP contribution in [0.1, 0.15) is 18.1 Å². The number of hydrogen-bond acceptors (Lipinski definition) is 3. The summed E-state index contributed by atoms with van der Waals surface area (Å²) in [6.45, 7) is 0.0873. The number of nitrogens with zero attached hydrogens (tertiary/aromatic N) is 3. The molecule has 6 heteroatoms. The second-order valence-electron chi connectivity index (χ2n) is 3.31. The second kappa shape index (κ2) is 6.07. The molecule has 0 spiro atoms. The van der Waals surface area contributed by atoms with Gasteiger partial charge in [-0.2, -0.15) is 0 Å². The maximum atomic E-state index is 12.8. The summed E-state index contributed by atoms with van der Waals surface area (Å²) >= 11 is 0. The van der Waals surface area contributed by atoms with Crippen LogP contribution in [0.5, 0.6) is 0 Å². The number of azide groups is 1. The molecule has 0 aliphatic carbocycles. The van der Waals surface area contributed by atoms with Crippen LogP contribution in [0, 0.1) is 5.82 Å². The maximum Gasteiger partial charge on any atom is 0.123 e. The van der Waals surface area contributed by atoms with Crippen molar-refractivity contribution in [2.75, 3.05) is 6.54 Å². The quantitative estimate of drug-likeness (QED) is 0.455. The molecule has 0 saturated carbocycles. The van der Waals surface area contributed by atoms with Gasteiger partial charge in [-0.3, -0.25) is 0 Å². The number of rotatable bonds is 5. The van der Waals surface area contributed by atoms with Gasteiger partial charge in [-0.15, -0.1) is 0 Å². The van der Waals surface area contributed by atoms with Gasteiger partial charge < -0.3 is 10.2 Å². The van der Waals surface area contributed by atoms with Gasteiger partial charge in [0.2, 0.25) is 0 Å². The molecule has 2 N–H and O–H groups in total. The van der Waals surface area contributed by atoms with Crippen molar-refractivity contribution in [2.24, 2.45) is 5.11 Å². The lowest BCUT2D eigenvalue weighted by molar-refractivity contribution is 0.0149. The largest absolute Gasteiger partial charge is 0.390 e. The van der Waals surface area contributed by atoms with E-state index in [9.17, 15) is 14.6 Å². The normalized spacial score (nSPS) is 13.9. The van der Waals surface area contributed by atoms with Crippen molar-refractivity contribution < 1.29 is 14.6 Å². The van der Waals surface area contributed by atoms with E-state index in [2.05, 4.69) is 10.0 Å². The molecule has 0 aliphatic rings. The van der Waals surface area contributed by atoms with Gasteiger partial charge in [-0.1, -0.05) is 17.2 Å². The van der Waals surface area contributed by atoms with Gasteiger partial charge in [0.15, 0.2) is 0 Å². The minimum Gasteiger partial charge on any atom is -0.390 e.